The maximum atomic E-state index is 14.1. The van der Waals surface area contributed by atoms with Gasteiger partial charge in [0.2, 0.25) is 0 Å². The highest BCUT2D eigenvalue weighted by atomic mass is 79.9. The minimum atomic E-state index is -0.516. The van der Waals surface area contributed by atoms with Crippen molar-refractivity contribution in [2.24, 2.45) is 17.7 Å². The number of nitrogens with one attached hydrogen (secondary N) is 1. The molecule has 0 aliphatic heterocycles. The van der Waals surface area contributed by atoms with Crippen LogP contribution in [0.1, 0.15) is 44.6 Å². The fourth-order valence-corrected chi connectivity index (χ4v) is 3.71. The third kappa shape index (κ3) is 4.02. The van der Waals surface area contributed by atoms with Crippen molar-refractivity contribution in [2.45, 2.75) is 51.5 Å². The Morgan fingerprint density at radius 2 is 1.95 bits per heavy atom. The molecule has 5 heteroatoms. The molecule has 1 aliphatic rings. The smallest absolute Gasteiger partial charge is 0.143 e. The molecular weight excluding hydrogens is 338 g/mol. The fourth-order valence-electron chi connectivity index (χ4n) is 3.34. The number of rotatable bonds is 5. The summed E-state index contributed by atoms with van der Waals surface area (Å²) in [5.74, 6) is 5.81. The zero-order valence-corrected chi connectivity index (χ0v) is 13.9. The Balaban J connectivity index is 2.08. The zero-order chi connectivity index (χ0) is 15.4. The molecule has 1 aliphatic carbocycles. The van der Waals surface area contributed by atoms with E-state index in [-0.39, 0.29) is 18.0 Å². The predicted octanol–water partition coefficient (Wildman–Crippen LogP) is 4.32. The van der Waals surface area contributed by atoms with Gasteiger partial charge in [-0.15, -0.1) is 0 Å². The number of hydrogen-bond acceptors (Lipinski definition) is 2. The summed E-state index contributed by atoms with van der Waals surface area (Å²) in [6.07, 6.45) is 6.01. The molecule has 0 bridgehead atoms. The summed E-state index contributed by atoms with van der Waals surface area (Å²) in [7, 11) is 0. The van der Waals surface area contributed by atoms with E-state index >= 15 is 0 Å². The van der Waals surface area contributed by atoms with Gasteiger partial charge in [0.15, 0.2) is 0 Å². The second-order valence-corrected chi connectivity index (χ2v) is 6.84. The van der Waals surface area contributed by atoms with Crippen LogP contribution >= 0.6 is 15.9 Å². The van der Waals surface area contributed by atoms with Crippen LogP contribution in [-0.2, 0) is 6.42 Å². The lowest BCUT2D eigenvalue weighted by molar-refractivity contribution is 0.215. The number of benzene rings is 1. The van der Waals surface area contributed by atoms with Crippen molar-refractivity contribution in [3.8, 4) is 0 Å². The van der Waals surface area contributed by atoms with Crippen molar-refractivity contribution >= 4 is 15.9 Å². The average Bonchev–Trinajstić information content (AvgIpc) is 2.52. The number of hydrazine groups is 1. The molecule has 1 aromatic carbocycles. The molecule has 1 fully saturated rings. The first-order valence-corrected chi connectivity index (χ1v) is 8.44. The molecule has 1 atom stereocenters. The van der Waals surface area contributed by atoms with E-state index in [1.54, 1.807) is 0 Å². The molecule has 1 unspecified atom stereocenters. The Bertz CT molecular complexity index is 474. The Labute approximate surface area is 133 Å². The summed E-state index contributed by atoms with van der Waals surface area (Å²) in [4.78, 5) is 0. The molecule has 0 radical (unpaired) electrons. The molecule has 1 aromatic rings. The van der Waals surface area contributed by atoms with Gasteiger partial charge in [-0.1, -0.05) is 26.2 Å². The highest BCUT2D eigenvalue weighted by Gasteiger charge is 2.28. The highest BCUT2D eigenvalue weighted by molar-refractivity contribution is 9.10. The molecule has 0 aromatic heterocycles. The molecule has 118 valence electrons. The van der Waals surface area contributed by atoms with Gasteiger partial charge in [-0.05, 0) is 59.2 Å². The van der Waals surface area contributed by atoms with Gasteiger partial charge in [-0.25, -0.2) is 8.78 Å². The van der Waals surface area contributed by atoms with E-state index < -0.39 is 11.6 Å². The van der Waals surface area contributed by atoms with Crippen LogP contribution in [0.2, 0.25) is 0 Å². The summed E-state index contributed by atoms with van der Waals surface area (Å²) < 4.78 is 28.3. The largest absolute Gasteiger partial charge is 0.271 e. The summed E-state index contributed by atoms with van der Waals surface area (Å²) in [5.41, 5.74) is 2.89. The van der Waals surface area contributed by atoms with Crippen molar-refractivity contribution < 1.29 is 8.78 Å². The molecular formula is C16H23BrF2N2. The normalized spacial score (nSPS) is 24.0. The standard InChI is InChI=1S/C16H23BrF2N2/c1-2-10-3-5-11(6-4-10)15(21-20)9-12-14(18)8-7-13(17)16(12)19/h7-8,10-11,15,21H,2-6,9,20H2,1H3. The van der Waals surface area contributed by atoms with Crippen LogP contribution in [0.15, 0.2) is 16.6 Å². The topological polar surface area (TPSA) is 38.0 Å². The SMILES string of the molecule is CCC1CCC(C(Cc2c(F)ccc(Br)c2F)NN)CC1. The number of halogens is 3. The Hall–Kier alpha value is -0.520. The fraction of sp³-hybridized carbons (Fsp3) is 0.625. The van der Waals surface area contributed by atoms with Gasteiger partial charge in [0.25, 0.3) is 0 Å². The van der Waals surface area contributed by atoms with Crippen LogP contribution in [0.25, 0.3) is 0 Å². The maximum absolute atomic E-state index is 14.1. The second-order valence-electron chi connectivity index (χ2n) is 5.99. The molecule has 1 saturated carbocycles. The Morgan fingerprint density at radius 3 is 2.52 bits per heavy atom. The van der Waals surface area contributed by atoms with Gasteiger partial charge >= 0.3 is 0 Å². The van der Waals surface area contributed by atoms with Crippen LogP contribution < -0.4 is 11.3 Å². The van der Waals surface area contributed by atoms with E-state index in [4.69, 9.17) is 5.84 Å². The van der Waals surface area contributed by atoms with Crippen LogP contribution in [0.4, 0.5) is 8.78 Å². The lowest BCUT2D eigenvalue weighted by atomic mass is 9.76. The van der Waals surface area contributed by atoms with Gasteiger partial charge in [0.1, 0.15) is 11.6 Å². The first kappa shape index (κ1) is 16.8. The van der Waals surface area contributed by atoms with E-state index in [9.17, 15) is 8.78 Å². The molecule has 2 nitrogen and oxygen atoms in total. The molecule has 3 N–H and O–H groups in total. The number of hydrogen-bond donors (Lipinski definition) is 2. The summed E-state index contributed by atoms with van der Waals surface area (Å²) in [6, 6.07) is 2.61. The van der Waals surface area contributed by atoms with Crippen LogP contribution in [0, 0.1) is 23.5 Å². The molecule has 0 spiro atoms. The van der Waals surface area contributed by atoms with Gasteiger partial charge in [-0.2, -0.15) is 0 Å². The molecule has 21 heavy (non-hydrogen) atoms. The van der Waals surface area contributed by atoms with Gasteiger partial charge in [0, 0.05) is 11.6 Å². The maximum Gasteiger partial charge on any atom is 0.143 e. The lowest BCUT2D eigenvalue weighted by Crippen LogP contribution is -2.44. The molecule has 0 saturated heterocycles. The van der Waals surface area contributed by atoms with Gasteiger partial charge in [0.05, 0.1) is 4.47 Å². The van der Waals surface area contributed by atoms with Crippen molar-refractivity contribution in [3.05, 3.63) is 33.8 Å². The van der Waals surface area contributed by atoms with Crippen molar-refractivity contribution in [1.82, 2.24) is 5.43 Å². The summed E-state index contributed by atoms with van der Waals surface area (Å²) in [5, 5.41) is 0. The quantitative estimate of drug-likeness (QED) is 0.466. The van der Waals surface area contributed by atoms with E-state index in [1.165, 1.54) is 31.4 Å². The summed E-state index contributed by atoms with van der Waals surface area (Å²) in [6.45, 7) is 2.22. The Kier molecular flexibility index (Phi) is 6.14. The first-order valence-electron chi connectivity index (χ1n) is 7.65. The third-order valence-corrected chi connectivity index (χ3v) is 5.43. The van der Waals surface area contributed by atoms with Crippen LogP contribution in [-0.4, -0.2) is 6.04 Å². The van der Waals surface area contributed by atoms with Crippen molar-refractivity contribution in [3.63, 3.8) is 0 Å². The zero-order valence-electron chi connectivity index (χ0n) is 12.3. The average molecular weight is 361 g/mol. The molecule has 0 amide bonds. The second kappa shape index (κ2) is 7.65. The predicted molar refractivity (Wildman–Crippen MR) is 84.6 cm³/mol. The first-order chi connectivity index (χ1) is 10.1. The van der Waals surface area contributed by atoms with Gasteiger partial charge < -0.3 is 0 Å². The highest BCUT2D eigenvalue weighted by Crippen LogP contribution is 2.34. The lowest BCUT2D eigenvalue weighted by Gasteiger charge is -2.33. The van der Waals surface area contributed by atoms with E-state index in [0.29, 0.717) is 10.4 Å². The van der Waals surface area contributed by atoms with E-state index in [0.717, 1.165) is 18.8 Å². The van der Waals surface area contributed by atoms with Crippen molar-refractivity contribution in [2.75, 3.05) is 0 Å². The Morgan fingerprint density at radius 1 is 1.29 bits per heavy atom. The monoisotopic (exact) mass is 360 g/mol. The van der Waals surface area contributed by atoms with Crippen LogP contribution in [0.5, 0.6) is 0 Å². The third-order valence-electron chi connectivity index (χ3n) is 4.81. The number of nitrogens with two attached hydrogens (primary N) is 1. The van der Waals surface area contributed by atoms with E-state index in [1.807, 2.05) is 0 Å². The van der Waals surface area contributed by atoms with Crippen molar-refractivity contribution in [1.29, 1.82) is 0 Å². The minimum absolute atomic E-state index is 0.0823. The van der Waals surface area contributed by atoms with E-state index in [2.05, 4.69) is 28.3 Å². The van der Waals surface area contributed by atoms with Gasteiger partial charge in [-0.3, -0.25) is 11.3 Å². The summed E-state index contributed by atoms with van der Waals surface area (Å²) >= 11 is 3.11. The van der Waals surface area contributed by atoms with Crippen LogP contribution in [0.3, 0.4) is 0 Å². The minimum Gasteiger partial charge on any atom is -0.271 e. The molecule has 0 heterocycles. The molecule has 2 rings (SSSR count).